The van der Waals surface area contributed by atoms with E-state index in [-0.39, 0.29) is 0 Å². The molecule has 0 spiro atoms. The number of nitrogen functional groups attached to an aromatic ring is 1. The molecule has 0 radical (unpaired) electrons. The molecule has 2 rings (SSSR count). The Morgan fingerprint density at radius 3 is 2.78 bits per heavy atom. The maximum atomic E-state index is 6.11. The van der Waals surface area contributed by atoms with Crippen LogP contribution in [-0.2, 0) is 13.5 Å². The van der Waals surface area contributed by atoms with Gasteiger partial charge in [0.25, 0.3) is 0 Å². The minimum Gasteiger partial charge on any atom is -0.473 e. The maximum Gasteiger partial charge on any atom is 0.236 e. The normalized spacial score (nSPS) is 24.2. The molecule has 0 amide bonds. The highest BCUT2D eigenvalue weighted by Gasteiger charge is 2.24. The van der Waals surface area contributed by atoms with Gasteiger partial charge in [0.15, 0.2) is 0 Å². The van der Waals surface area contributed by atoms with Gasteiger partial charge in [-0.05, 0) is 31.6 Å². The zero-order chi connectivity index (χ0) is 13.1. The van der Waals surface area contributed by atoms with Crippen LogP contribution in [0.25, 0.3) is 0 Å². The molecule has 1 aromatic rings. The van der Waals surface area contributed by atoms with Gasteiger partial charge >= 0.3 is 0 Å². The van der Waals surface area contributed by atoms with E-state index in [1.807, 2.05) is 7.05 Å². The number of nitrogens with two attached hydrogens (primary N) is 1. The highest BCUT2D eigenvalue weighted by molar-refractivity contribution is 5.53. The van der Waals surface area contributed by atoms with Gasteiger partial charge in [0.1, 0.15) is 11.8 Å². The van der Waals surface area contributed by atoms with E-state index < -0.39 is 0 Å². The van der Waals surface area contributed by atoms with Gasteiger partial charge in [0.05, 0.1) is 5.69 Å². The Hall–Kier alpha value is -1.19. The Morgan fingerprint density at radius 2 is 2.17 bits per heavy atom. The molecule has 1 aliphatic carbocycles. The number of ether oxygens (including phenoxy) is 1. The Morgan fingerprint density at radius 1 is 1.39 bits per heavy atom. The first-order valence-electron chi connectivity index (χ1n) is 7.13. The van der Waals surface area contributed by atoms with Gasteiger partial charge in [-0.1, -0.05) is 26.7 Å². The van der Waals surface area contributed by atoms with Crippen LogP contribution in [0.2, 0.25) is 0 Å². The molecule has 1 aliphatic rings. The van der Waals surface area contributed by atoms with Gasteiger partial charge in [-0.2, -0.15) is 5.10 Å². The lowest BCUT2D eigenvalue weighted by atomic mass is 9.85. The van der Waals surface area contributed by atoms with Crippen LogP contribution < -0.4 is 10.5 Å². The summed E-state index contributed by atoms with van der Waals surface area (Å²) in [6, 6.07) is 0. The Labute approximate surface area is 110 Å². The lowest BCUT2D eigenvalue weighted by Crippen LogP contribution is -2.26. The summed E-state index contributed by atoms with van der Waals surface area (Å²) in [5.41, 5.74) is 7.75. The zero-order valence-electron chi connectivity index (χ0n) is 11.8. The van der Waals surface area contributed by atoms with E-state index in [1.165, 1.54) is 19.3 Å². The van der Waals surface area contributed by atoms with Crippen molar-refractivity contribution in [3.05, 3.63) is 5.69 Å². The van der Waals surface area contributed by atoms with E-state index in [0.29, 0.717) is 6.10 Å². The Bertz CT molecular complexity index is 400. The highest BCUT2D eigenvalue weighted by atomic mass is 16.5. The van der Waals surface area contributed by atoms with Gasteiger partial charge in [-0.15, -0.1) is 0 Å². The van der Waals surface area contributed by atoms with Crippen molar-refractivity contribution < 1.29 is 4.74 Å². The summed E-state index contributed by atoms with van der Waals surface area (Å²) in [6.45, 7) is 4.33. The van der Waals surface area contributed by atoms with E-state index in [0.717, 1.165) is 42.4 Å². The standard InChI is InChI=1S/C14H25N3O/c1-4-10-7-6-8-11(9-10)18-14-13(15)12(5-2)16-17(14)3/h10-11H,4-9,15H2,1-3H3. The number of anilines is 1. The number of aromatic nitrogens is 2. The van der Waals surface area contributed by atoms with Crippen molar-refractivity contribution in [3.8, 4) is 5.88 Å². The van der Waals surface area contributed by atoms with Gasteiger partial charge in [-0.3, -0.25) is 0 Å². The lowest BCUT2D eigenvalue weighted by molar-refractivity contribution is 0.113. The topological polar surface area (TPSA) is 53.1 Å². The summed E-state index contributed by atoms with van der Waals surface area (Å²) < 4.78 is 7.89. The summed E-state index contributed by atoms with van der Waals surface area (Å²) in [5.74, 6) is 1.57. The number of hydrogen-bond acceptors (Lipinski definition) is 3. The molecule has 0 aliphatic heterocycles. The van der Waals surface area contributed by atoms with Gasteiger partial charge in [0, 0.05) is 7.05 Å². The van der Waals surface area contributed by atoms with Gasteiger partial charge in [0.2, 0.25) is 5.88 Å². The second-order valence-electron chi connectivity index (χ2n) is 5.32. The van der Waals surface area contributed by atoms with Crippen molar-refractivity contribution in [2.75, 3.05) is 5.73 Å². The molecule has 18 heavy (non-hydrogen) atoms. The quantitative estimate of drug-likeness (QED) is 0.895. The second kappa shape index (κ2) is 5.63. The first-order chi connectivity index (χ1) is 8.65. The highest BCUT2D eigenvalue weighted by Crippen LogP contribution is 2.32. The van der Waals surface area contributed by atoms with Crippen LogP contribution in [0.1, 0.15) is 51.6 Å². The summed E-state index contributed by atoms with van der Waals surface area (Å²) >= 11 is 0. The van der Waals surface area contributed by atoms with E-state index in [4.69, 9.17) is 10.5 Å². The second-order valence-corrected chi connectivity index (χ2v) is 5.32. The van der Waals surface area contributed by atoms with Crippen LogP contribution in [0, 0.1) is 5.92 Å². The molecule has 102 valence electrons. The molecule has 4 nitrogen and oxygen atoms in total. The molecular formula is C14H25N3O. The monoisotopic (exact) mass is 251 g/mol. The summed E-state index contributed by atoms with van der Waals surface area (Å²) in [6.07, 6.45) is 7.32. The number of hydrogen-bond donors (Lipinski definition) is 1. The first kappa shape index (κ1) is 13.2. The third kappa shape index (κ3) is 2.62. The smallest absolute Gasteiger partial charge is 0.236 e. The van der Waals surface area contributed by atoms with E-state index >= 15 is 0 Å². The van der Waals surface area contributed by atoms with Crippen LogP contribution in [0.4, 0.5) is 5.69 Å². The molecule has 1 saturated carbocycles. The van der Waals surface area contributed by atoms with Crippen molar-refractivity contribution >= 4 is 5.69 Å². The van der Waals surface area contributed by atoms with Crippen LogP contribution in [0.3, 0.4) is 0 Å². The van der Waals surface area contributed by atoms with Crippen LogP contribution in [0.5, 0.6) is 5.88 Å². The SMILES string of the molecule is CCc1nn(C)c(OC2CCCC(CC)C2)c1N. The fraction of sp³-hybridized carbons (Fsp3) is 0.786. The van der Waals surface area contributed by atoms with Crippen LogP contribution in [0.15, 0.2) is 0 Å². The lowest BCUT2D eigenvalue weighted by Gasteiger charge is -2.28. The number of rotatable bonds is 4. The van der Waals surface area contributed by atoms with Crippen molar-refractivity contribution in [1.29, 1.82) is 0 Å². The van der Waals surface area contributed by atoms with Crippen LogP contribution >= 0.6 is 0 Å². The van der Waals surface area contributed by atoms with E-state index in [9.17, 15) is 0 Å². The minimum absolute atomic E-state index is 0.311. The average molecular weight is 251 g/mol. The predicted molar refractivity (Wildman–Crippen MR) is 73.7 cm³/mol. The van der Waals surface area contributed by atoms with Crippen molar-refractivity contribution in [3.63, 3.8) is 0 Å². The van der Waals surface area contributed by atoms with Crippen molar-refractivity contribution in [2.24, 2.45) is 13.0 Å². The van der Waals surface area contributed by atoms with E-state index in [1.54, 1.807) is 4.68 Å². The fourth-order valence-electron chi connectivity index (χ4n) is 2.86. The Balaban J connectivity index is 2.07. The minimum atomic E-state index is 0.311. The molecule has 4 heteroatoms. The third-order valence-corrected chi connectivity index (χ3v) is 4.03. The maximum absolute atomic E-state index is 6.11. The van der Waals surface area contributed by atoms with Gasteiger partial charge in [-0.25, -0.2) is 4.68 Å². The first-order valence-corrected chi connectivity index (χ1v) is 7.13. The fourth-order valence-corrected chi connectivity index (χ4v) is 2.86. The van der Waals surface area contributed by atoms with Crippen molar-refractivity contribution in [1.82, 2.24) is 9.78 Å². The third-order valence-electron chi connectivity index (χ3n) is 4.03. The molecule has 1 heterocycles. The molecule has 0 saturated heterocycles. The van der Waals surface area contributed by atoms with E-state index in [2.05, 4.69) is 18.9 Å². The molecule has 2 unspecified atom stereocenters. The summed E-state index contributed by atoms with van der Waals surface area (Å²) in [4.78, 5) is 0. The Kier molecular flexibility index (Phi) is 4.15. The molecule has 2 N–H and O–H groups in total. The predicted octanol–water partition coefficient (Wildman–Crippen LogP) is 2.91. The molecule has 1 aromatic heterocycles. The van der Waals surface area contributed by atoms with Crippen LogP contribution in [-0.4, -0.2) is 15.9 Å². The number of nitrogens with zero attached hydrogens (tertiary/aromatic N) is 2. The van der Waals surface area contributed by atoms with Gasteiger partial charge < -0.3 is 10.5 Å². The summed E-state index contributed by atoms with van der Waals surface area (Å²) in [7, 11) is 1.91. The number of aryl methyl sites for hydroxylation is 2. The molecular weight excluding hydrogens is 226 g/mol. The largest absolute Gasteiger partial charge is 0.473 e. The van der Waals surface area contributed by atoms with Crippen molar-refractivity contribution in [2.45, 2.75) is 58.5 Å². The molecule has 1 fully saturated rings. The zero-order valence-corrected chi connectivity index (χ0v) is 11.8. The summed E-state index contributed by atoms with van der Waals surface area (Å²) in [5, 5.41) is 4.40. The molecule has 2 atom stereocenters. The molecule has 0 bridgehead atoms. The molecule has 0 aromatic carbocycles. The average Bonchev–Trinajstić information content (AvgIpc) is 2.66.